The molecular weight excluding hydrogens is 308 g/mol. The van der Waals surface area contributed by atoms with Gasteiger partial charge in [-0.15, -0.1) is 0 Å². The summed E-state index contributed by atoms with van der Waals surface area (Å²) < 4.78 is 5.82. The number of pyridine rings is 1. The molecule has 3 heterocycles. The Morgan fingerprint density at radius 3 is 2.35 bits per heavy atom. The molecule has 2 aromatic rings. The van der Waals surface area contributed by atoms with Crippen LogP contribution in [0.4, 0.5) is 5.13 Å². The number of ether oxygens (including phenoxy) is 1. The van der Waals surface area contributed by atoms with E-state index < -0.39 is 0 Å². The number of aryl methyl sites for hydroxylation is 2. The van der Waals surface area contributed by atoms with Crippen LogP contribution in [0.2, 0.25) is 0 Å². The van der Waals surface area contributed by atoms with Gasteiger partial charge in [-0.1, -0.05) is 11.3 Å². The van der Waals surface area contributed by atoms with Crippen molar-refractivity contribution in [1.29, 1.82) is 0 Å². The van der Waals surface area contributed by atoms with Gasteiger partial charge in [-0.25, -0.2) is 4.98 Å². The third kappa shape index (κ3) is 3.54. The van der Waals surface area contributed by atoms with Crippen molar-refractivity contribution >= 4 is 16.5 Å². The first-order chi connectivity index (χ1) is 11.0. The van der Waals surface area contributed by atoms with Gasteiger partial charge in [0.15, 0.2) is 5.13 Å². The fourth-order valence-corrected chi connectivity index (χ4v) is 4.24. The van der Waals surface area contributed by atoms with Crippen LogP contribution in [0.5, 0.6) is 0 Å². The lowest BCUT2D eigenvalue weighted by Crippen LogP contribution is -2.45. The van der Waals surface area contributed by atoms with Crippen molar-refractivity contribution in [1.82, 2.24) is 9.97 Å². The standard InChI is InChI=1S/C17H24N4OS/c1-10-5-14(6-11(2)19-10)16-15(7-18)20-17(23-16)21-8-12(3)22-13(4)9-21/h5-6,12-13H,7-9,18H2,1-4H3. The number of hydrogen-bond donors (Lipinski definition) is 1. The summed E-state index contributed by atoms with van der Waals surface area (Å²) in [5, 5.41) is 1.04. The average molecular weight is 332 g/mol. The smallest absolute Gasteiger partial charge is 0.186 e. The molecule has 2 aromatic heterocycles. The first-order valence-corrected chi connectivity index (χ1v) is 8.83. The fraction of sp³-hybridized carbons (Fsp3) is 0.529. The molecule has 1 aliphatic rings. The maximum Gasteiger partial charge on any atom is 0.186 e. The SMILES string of the molecule is Cc1cc(-c2sc(N3CC(C)OC(C)C3)nc2CN)cc(C)n1. The summed E-state index contributed by atoms with van der Waals surface area (Å²) in [5.41, 5.74) is 10.1. The number of nitrogens with zero attached hydrogens (tertiary/aromatic N) is 3. The molecule has 5 nitrogen and oxygen atoms in total. The molecule has 1 aliphatic heterocycles. The number of aromatic nitrogens is 2. The highest BCUT2D eigenvalue weighted by Crippen LogP contribution is 2.36. The van der Waals surface area contributed by atoms with Crippen molar-refractivity contribution < 1.29 is 4.74 Å². The highest BCUT2D eigenvalue weighted by molar-refractivity contribution is 7.19. The molecule has 1 fully saturated rings. The van der Waals surface area contributed by atoms with Gasteiger partial charge in [-0.05, 0) is 45.4 Å². The highest BCUT2D eigenvalue weighted by atomic mass is 32.1. The molecule has 2 unspecified atom stereocenters. The summed E-state index contributed by atoms with van der Waals surface area (Å²) >= 11 is 1.72. The maximum atomic E-state index is 5.95. The summed E-state index contributed by atoms with van der Waals surface area (Å²) in [6.07, 6.45) is 0.440. The van der Waals surface area contributed by atoms with E-state index in [4.69, 9.17) is 15.5 Å². The van der Waals surface area contributed by atoms with Crippen LogP contribution >= 0.6 is 11.3 Å². The van der Waals surface area contributed by atoms with Crippen molar-refractivity contribution in [2.24, 2.45) is 5.73 Å². The minimum atomic E-state index is 0.220. The van der Waals surface area contributed by atoms with Gasteiger partial charge in [0.1, 0.15) is 0 Å². The van der Waals surface area contributed by atoms with Crippen LogP contribution in [0, 0.1) is 13.8 Å². The van der Waals surface area contributed by atoms with Gasteiger partial charge in [-0.3, -0.25) is 4.98 Å². The first-order valence-electron chi connectivity index (χ1n) is 8.02. The lowest BCUT2D eigenvalue weighted by atomic mass is 10.1. The van der Waals surface area contributed by atoms with E-state index in [2.05, 4.69) is 35.9 Å². The Bertz CT molecular complexity index is 670. The van der Waals surface area contributed by atoms with Crippen LogP contribution in [0.15, 0.2) is 12.1 Å². The molecule has 3 rings (SSSR count). The van der Waals surface area contributed by atoms with E-state index in [0.717, 1.165) is 45.7 Å². The predicted octanol–water partition coefficient (Wildman–Crippen LogP) is 2.89. The molecule has 0 amide bonds. The van der Waals surface area contributed by atoms with E-state index in [9.17, 15) is 0 Å². The van der Waals surface area contributed by atoms with Crippen molar-refractivity contribution in [2.45, 2.75) is 46.4 Å². The minimum Gasteiger partial charge on any atom is -0.372 e. The molecule has 0 radical (unpaired) electrons. The molecule has 124 valence electrons. The van der Waals surface area contributed by atoms with E-state index in [0.29, 0.717) is 6.54 Å². The number of thiazole rings is 1. The second kappa shape index (κ2) is 6.55. The van der Waals surface area contributed by atoms with Gasteiger partial charge in [0.05, 0.1) is 22.8 Å². The predicted molar refractivity (Wildman–Crippen MR) is 94.9 cm³/mol. The second-order valence-electron chi connectivity index (χ2n) is 6.28. The number of rotatable bonds is 3. The molecular formula is C17H24N4OS. The topological polar surface area (TPSA) is 64.3 Å². The molecule has 0 saturated carbocycles. The van der Waals surface area contributed by atoms with Crippen LogP contribution in [0.1, 0.15) is 30.9 Å². The zero-order valence-corrected chi connectivity index (χ0v) is 15.0. The van der Waals surface area contributed by atoms with Crippen LogP contribution in [-0.4, -0.2) is 35.3 Å². The maximum absolute atomic E-state index is 5.95. The van der Waals surface area contributed by atoms with Crippen molar-refractivity contribution in [3.8, 4) is 10.4 Å². The third-order valence-electron chi connectivity index (χ3n) is 3.91. The molecule has 6 heteroatoms. The summed E-state index contributed by atoms with van der Waals surface area (Å²) in [5.74, 6) is 0. The summed E-state index contributed by atoms with van der Waals surface area (Å²) in [7, 11) is 0. The quantitative estimate of drug-likeness (QED) is 0.936. The Labute approximate surface area is 141 Å². The van der Waals surface area contributed by atoms with Crippen LogP contribution in [0.25, 0.3) is 10.4 Å². The van der Waals surface area contributed by atoms with E-state index in [1.54, 1.807) is 11.3 Å². The van der Waals surface area contributed by atoms with Crippen LogP contribution in [0.3, 0.4) is 0 Å². The van der Waals surface area contributed by atoms with E-state index in [-0.39, 0.29) is 12.2 Å². The van der Waals surface area contributed by atoms with Crippen molar-refractivity contribution in [3.63, 3.8) is 0 Å². The highest BCUT2D eigenvalue weighted by Gasteiger charge is 2.25. The molecule has 23 heavy (non-hydrogen) atoms. The Kier molecular flexibility index (Phi) is 4.66. The Hall–Kier alpha value is -1.50. The largest absolute Gasteiger partial charge is 0.372 e. The van der Waals surface area contributed by atoms with Crippen molar-refractivity contribution in [3.05, 3.63) is 29.2 Å². The van der Waals surface area contributed by atoms with Gasteiger partial charge >= 0.3 is 0 Å². The van der Waals surface area contributed by atoms with E-state index in [1.165, 1.54) is 0 Å². The molecule has 2 N–H and O–H groups in total. The molecule has 1 saturated heterocycles. The van der Waals surface area contributed by atoms with Gasteiger partial charge in [0.25, 0.3) is 0 Å². The third-order valence-corrected chi connectivity index (χ3v) is 5.12. The molecule has 0 bridgehead atoms. The number of anilines is 1. The van der Waals surface area contributed by atoms with Gasteiger partial charge in [0, 0.05) is 31.0 Å². The zero-order chi connectivity index (χ0) is 16.6. The first kappa shape index (κ1) is 16.4. The van der Waals surface area contributed by atoms with Crippen LogP contribution in [-0.2, 0) is 11.3 Å². The zero-order valence-electron chi connectivity index (χ0n) is 14.2. The molecule has 0 aliphatic carbocycles. The minimum absolute atomic E-state index is 0.220. The normalized spacial score (nSPS) is 21.7. The number of morpholine rings is 1. The summed E-state index contributed by atoms with van der Waals surface area (Å²) in [6, 6.07) is 4.21. The Balaban J connectivity index is 1.97. The lowest BCUT2D eigenvalue weighted by molar-refractivity contribution is -0.00523. The van der Waals surface area contributed by atoms with Crippen molar-refractivity contribution in [2.75, 3.05) is 18.0 Å². The lowest BCUT2D eigenvalue weighted by Gasteiger charge is -2.35. The monoisotopic (exact) mass is 332 g/mol. The summed E-state index contributed by atoms with van der Waals surface area (Å²) in [6.45, 7) is 10.4. The number of hydrogen-bond acceptors (Lipinski definition) is 6. The van der Waals surface area contributed by atoms with E-state index >= 15 is 0 Å². The second-order valence-corrected chi connectivity index (χ2v) is 7.25. The van der Waals surface area contributed by atoms with Crippen LogP contribution < -0.4 is 10.6 Å². The van der Waals surface area contributed by atoms with Gasteiger partial charge in [-0.2, -0.15) is 0 Å². The van der Waals surface area contributed by atoms with Gasteiger partial charge < -0.3 is 15.4 Å². The Morgan fingerprint density at radius 2 is 1.78 bits per heavy atom. The average Bonchev–Trinajstić information content (AvgIpc) is 2.89. The van der Waals surface area contributed by atoms with Gasteiger partial charge in [0.2, 0.25) is 0 Å². The molecule has 0 spiro atoms. The van der Waals surface area contributed by atoms with E-state index in [1.807, 2.05) is 13.8 Å². The summed E-state index contributed by atoms with van der Waals surface area (Å²) in [4.78, 5) is 12.7. The fourth-order valence-electron chi connectivity index (χ4n) is 3.14. The molecule has 2 atom stereocenters. The molecule has 0 aromatic carbocycles. The Morgan fingerprint density at radius 1 is 1.17 bits per heavy atom. The number of nitrogens with two attached hydrogens (primary N) is 1.